The van der Waals surface area contributed by atoms with Crippen LogP contribution in [0, 0.1) is 11.3 Å². The van der Waals surface area contributed by atoms with Crippen molar-refractivity contribution in [1.29, 1.82) is 5.26 Å². The van der Waals surface area contributed by atoms with Gasteiger partial charge in [0.1, 0.15) is 11.9 Å². The number of hydrogen-bond donors (Lipinski definition) is 1. The third-order valence-electron chi connectivity index (χ3n) is 2.11. The van der Waals surface area contributed by atoms with Crippen LogP contribution >= 0.6 is 0 Å². The van der Waals surface area contributed by atoms with E-state index in [4.69, 9.17) is 5.26 Å². The van der Waals surface area contributed by atoms with E-state index in [9.17, 15) is 0 Å². The molecule has 0 saturated heterocycles. The Balaban J connectivity index is 2.69. The van der Waals surface area contributed by atoms with Crippen molar-refractivity contribution in [2.24, 2.45) is 0 Å². The second kappa shape index (κ2) is 4.74. The Labute approximate surface area is 90.4 Å². The molecule has 4 heteroatoms. The number of hydrogen-bond acceptors (Lipinski definition) is 4. The molecule has 0 radical (unpaired) electrons. The Morgan fingerprint density at radius 1 is 1.40 bits per heavy atom. The zero-order valence-electron chi connectivity index (χ0n) is 9.41. The van der Waals surface area contributed by atoms with Crippen LogP contribution in [0.3, 0.4) is 0 Å². The standard InChI is InChI=1S/C11H16N4/c1-4-5-11(2,3)15-10-8-13-9(6-12)7-14-10/h7-8H,4-5H2,1-3H3,(H,14,15). The topological polar surface area (TPSA) is 61.6 Å². The molecule has 4 nitrogen and oxygen atoms in total. The first-order valence-corrected chi connectivity index (χ1v) is 5.08. The zero-order valence-corrected chi connectivity index (χ0v) is 9.41. The fraction of sp³-hybridized carbons (Fsp3) is 0.545. The Kier molecular flexibility index (Phi) is 3.62. The predicted octanol–water partition coefficient (Wildman–Crippen LogP) is 2.34. The quantitative estimate of drug-likeness (QED) is 0.817. The Hall–Kier alpha value is -1.63. The van der Waals surface area contributed by atoms with Crippen molar-refractivity contribution >= 4 is 5.82 Å². The molecule has 15 heavy (non-hydrogen) atoms. The van der Waals surface area contributed by atoms with Crippen molar-refractivity contribution in [3.05, 3.63) is 18.1 Å². The summed E-state index contributed by atoms with van der Waals surface area (Å²) in [5, 5.41) is 11.9. The summed E-state index contributed by atoms with van der Waals surface area (Å²) < 4.78 is 0. The minimum absolute atomic E-state index is 0.0115. The van der Waals surface area contributed by atoms with Gasteiger partial charge >= 0.3 is 0 Å². The van der Waals surface area contributed by atoms with Crippen LogP contribution < -0.4 is 5.32 Å². The fourth-order valence-electron chi connectivity index (χ4n) is 1.48. The van der Waals surface area contributed by atoms with E-state index in [0.29, 0.717) is 11.5 Å². The van der Waals surface area contributed by atoms with Crippen LogP contribution in [0.2, 0.25) is 0 Å². The largest absolute Gasteiger partial charge is 0.364 e. The molecule has 1 aromatic rings. The predicted molar refractivity (Wildman–Crippen MR) is 59.4 cm³/mol. The molecule has 80 valence electrons. The van der Waals surface area contributed by atoms with Gasteiger partial charge in [0, 0.05) is 5.54 Å². The van der Waals surface area contributed by atoms with Crippen molar-refractivity contribution in [1.82, 2.24) is 9.97 Å². The summed E-state index contributed by atoms with van der Waals surface area (Å²) in [6, 6.07) is 1.94. The smallest absolute Gasteiger partial charge is 0.158 e. The number of nitrogens with zero attached hydrogens (tertiary/aromatic N) is 3. The van der Waals surface area contributed by atoms with Crippen molar-refractivity contribution in [2.75, 3.05) is 5.32 Å². The number of nitrogens with one attached hydrogen (secondary N) is 1. The summed E-state index contributed by atoms with van der Waals surface area (Å²) in [7, 11) is 0. The normalized spacial score (nSPS) is 10.8. The van der Waals surface area contributed by atoms with Crippen molar-refractivity contribution in [3.8, 4) is 6.07 Å². The van der Waals surface area contributed by atoms with Crippen molar-refractivity contribution in [3.63, 3.8) is 0 Å². The molecular weight excluding hydrogens is 188 g/mol. The lowest BCUT2D eigenvalue weighted by atomic mass is 9.99. The van der Waals surface area contributed by atoms with E-state index in [0.717, 1.165) is 12.8 Å². The molecule has 0 unspecified atom stereocenters. The van der Waals surface area contributed by atoms with Gasteiger partial charge in [-0.25, -0.2) is 9.97 Å². The Morgan fingerprint density at radius 3 is 2.60 bits per heavy atom. The van der Waals surface area contributed by atoms with Gasteiger partial charge in [-0.2, -0.15) is 5.26 Å². The summed E-state index contributed by atoms with van der Waals surface area (Å²) >= 11 is 0. The van der Waals surface area contributed by atoms with Gasteiger partial charge in [-0.3, -0.25) is 0 Å². The summed E-state index contributed by atoms with van der Waals surface area (Å²) in [5.41, 5.74) is 0.353. The van der Waals surface area contributed by atoms with E-state index in [1.54, 1.807) is 6.20 Å². The van der Waals surface area contributed by atoms with E-state index in [-0.39, 0.29) is 5.54 Å². The molecule has 0 aliphatic heterocycles. The van der Waals surface area contributed by atoms with Gasteiger partial charge in [0.15, 0.2) is 5.69 Å². The van der Waals surface area contributed by atoms with Gasteiger partial charge in [-0.05, 0) is 20.3 Å². The molecule has 0 atom stereocenters. The molecule has 1 aromatic heterocycles. The van der Waals surface area contributed by atoms with Crippen LogP contribution in [0.25, 0.3) is 0 Å². The third-order valence-corrected chi connectivity index (χ3v) is 2.11. The third kappa shape index (κ3) is 3.55. The number of rotatable bonds is 4. The van der Waals surface area contributed by atoms with Crippen LogP contribution in [0.5, 0.6) is 0 Å². The minimum atomic E-state index is 0.0115. The highest BCUT2D eigenvalue weighted by atomic mass is 15.1. The lowest BCUT2D eigenvalue weighted by molar-refractivity contribution is 0.509. The first kappa shape index (κ1) is 11.4. The Morgan fingerprint density at radius 2 is 2.13 bits per heavy atom. The molecule has 0 aliphatic carbocycles. The zero-order chi connectivity index (χ0) is 11.3. The SMILES string of the molecule is CCCC(C)(C)Nc1cnc(C#N)cn1. The van der Waals surface area contributed by atoms with Crippen molar-refractivity contribution < 1.29 is 0 Å². The van der Waals surface area contributed by atoms with Crippen LogP contribution in [0.15, 0.2) is 12.4 Å². The molecule has 0 amide bonds. The molecule has 0 aromatic carbocycles. The number of anilines is 1. The van der Waals surface area contributed by atoms with Crippen LogP contribution in [-0.4, -0.2) is 15.5 Å². The molecule has 0 fully saturated rings. The molecule has 1 rings (SSSR count). The number of aromatic nitrogens is 2. The maximum atomic E-state index is 8.57. The summed E-state index contributed by atoms with van der Waals surface area (Å²) in [6.07, 6.45) is 5.25. The highest BCUT2D eigenvalue weighted by Gasteiger charge is 2.16. The second-order valence-corrected chi connectivity index (χ2v) is 4.16. The van der Waals surface area contributed by atoms with Crippen LogP contribution in [0.1, 0.15) is 39.3 Å². The fourth-order valence-corrected chi connectivity index (χ4v) is 1.48. The average Bonchev–Trinajstić information content (AvgIpc) is 2.18. The minimum Gasteiger partial charge on any atom is -0.364 e. The molecular formula is C11H16N4. The second-order valence-electron chi connectivity index (χ2n) is 4.16. The highest BCUT2D eigenvalue weighted by Crippen LogP contribution is 2.16. The first-order valence-electron chi connectivity index (χ1n) is 5.08. The monoisotopic (exact) mass is 204 g/mol. The summed E-state index contributed by atoms with van der Waals surface area (Å²) in [4.78, 5) is 8.08. The van der Waals surface area contributed by atoms with Crippen LogP contribution in [-0.2, 0) is 0 Å². The molecule has 0 saturated carbocycles. The maximum absolute atomic E-state index is 8.57. The first-order chi connectivity index (χ1) is 7.07. The number of nitriles is 1. The lowest BCUT2D eigenvalue weighted by Gasteiger charge is -2.26. The van der Waals surface area contributed by atoms with Gasteiger partial charge < -0.3 is 5.32 Å². The Bertz CT molecular complexity index is 348. The van der Waals surface area contributed by atoms with Crippen LogP contribution in [0.4, 0.5) is 5.82 Å². The van der Waals surface area contributed by atoms with Gasteiger partial charge in [-0.1, -0.05) is 13.3 Å². The molecule has 1 N–H and O–H groups in total. The van der Waals surface area contributed by atoms with E-state index in [2.05, 4.69) is 36.1 Å². The average molecular weight is 204 g/mol. The van der Waals surface area contributed by atoms with E-state index in [1.807, 2.05) is 6.07 Å². The van der Waals surface area contributed by atoms with E-state index in [1.165, 1.54) is 6.20 Å². The van der Waals surface area contributed by atoms with Gasteiger partial charge in [0.05, 0.1) is 12.4 Å². The lowest BCUT2D eigenvalue weighted by Crippen LogP contribution is -2.30. The maximum Gasteiger partial charge on any atom is 0.158 e. The molecule has 0 spiro atoms. The molecule has 1 heterocycles. The highest BCUT2D eigenvalue weighted by molar-refractivity contribution is 5.35. The molecule has 0 aliphatic rings. The van der Waals surface area contributed by atoms with Crippen molar-refractivity contribution in [2.45, 2.75) is 39.2 Å². The van der Waals surface area contributed by atoms with Gasteiger partial charge in [-0.15, -0.1) is 0 Å². The van der Waals surface area contributed by atoms with Gasteiger partial charge in [0.25, 0.3) is 0 Å². The molecule has 0 bridgehead atoms. The van der Waals surface area contributed by atoms with Gasteiger partial charge in [0.2, 0.25) is 0 Å². The van der Waals surface area contributed by atoms with E-state index < -0.39 is 0 Å². The summed E-state index contributed by atoms with van der Waals surface area (Å²) in [6.45, 7) is 6.39. The van der Waals surface area contributed by atoms with E-state index >= 15 is 0 Å². The summed E-state index contributed by atoms with van der Waals surface area (Å²) in [5.74, 6) is 0.715.